The number of alkyl halides is 2. The Hall–Kier alpha value is -0.400. The van der Waals surface area contributed by atoms with Gasteiger partial charge in [-0.25, -0.2) is 0 Å². The molecule has 1 nitrogen and oxygen atoms in total. The van der Waals surface area contributed by atoms with E-state index in [0.29, 0.717) is 11.8 Å². The molecule has 16 heavy (non-hydrogen) atoms. The molecule has 0 radical (unpaired) electrons. The third kappa shape index (κ3) is 2.46. The van der Waals surface area contributed by atoms with Crippen molar-refractivity contribution in [1.29, 1.82) is 0 Å². The summed E-state index contributed by atoms with van der Waals surface area (Å²) in [7, 11) is 1.95. The van der Waals surface area contributed by atoms with Crippen molar-refractivity contribution >= 4 is 28.9 Å². The van der Waals surface area contributed by atoms with E-state index in [4.69, 9.17) is 23.2 Å². The molecule has 1 fully saturated rings. The maximum atomic E-state index is 6.06. The molecule has 1 aliphatic carbocycles. The first-order valence-corrected chi connectivity index (χ1v) is 6.44. The van der Waals surface area contributed by atoms with E-state index in [1.54, 1.807) is 0 Å². The molecule has 1 aromatic carbocycles. The first-order valence-electron chi connectivity index (χ1n) is 5.69. The molecule has 1 N–H and O–H groups in total. The highest BCUT2D eigenvalue weighted by molar-refractivity contribution is 6.50. The lowest BCUT2D eigenvalue weighted by Gasteiger charge is -2.16. The number of hydrogen-bond donors (Lipinski definition) is 1. The van der Waals surface area contributed by atoms with E-state index in [0.717, 1.165) is 12.8 Å². The number of nitrogens with one attached hydrogen (secondary N) is 1. The third-order valence-electron chi connectivity index (χ3n) is 3.35. The fourth-order valence-corrected chi connectivity index (χ4v) is 2.78. The maximum Gasteiger partial charge on any atom is 0.121 e. The highest BCUT2D eigenvalue weighted by Gasteiger charge is 2.51. The number of para-hydroxylation sites is 1. The van der Waals surface area contributed by atoms with Gasteiger partial charge in [0.15, 0.2) is 0 Å². The Morgan fingerprint density at radius 1 is 1.44 bits per heavy atom. The summed E-state index contributed by atoms with van der Waals surface area (Å²) in [6, 6.07) is 8.40. The van der Waals surface area contributed by atoms with Crippen molar-refractivity contribution in [3.63, 3.8) is 0 Å². The lowest BCUT2D eigenvalue weighted by molar-refractivity contribution is 0.615. The molecule has 0 saturated heterocycles. The second-order valence-electron chi connectivity index (χ2n) is 4.64. The van der Waals surface area contributed by atoms with Gasteiger partial charge in [0.2, 0.25) is 0 Å². The number of halogens is 2. The van der Waals surface area contributed by atoms with Gasteiger partial charge in [-0.1, -0.05) is 25.1 Å². The third-order valence-corrected chi connectivity index (χ3v) is 4.28. The van der Waals surface area contributed by atoms with Gasteiger partial charge < -0.3 is 5.32 Å². The van der Waals surface area contributed by atoms with Crippen LogP contribution in [0.5, 0.6) is 0 Å². The minimum atomic E-state index is -0.456. The van der Waals surface area contributed by atoms with Crippen LogP contribution in [0.25, 0.3) is 0 Å². The van der Waals surface area contributed by atoms with Gasteiger partial charge in [0, 0.05) is 12.7 Å². The van der Waals surface area contributed by atoms with Crippen molar-refractivity contribution < 1.29 is 0 Å². The monoisotopic (exact) mass is 257 g/mol. The number of hydrogen-bond acceptors (Lipinski definition) is 1. The highest BCUT2D eigenvalue weighted by Crippen LogP contribution is 2.57. The average Bonchev–Trinajstić information content (AvgIpc) is 2.85. The predicted octanol–water partition coefficient (Wildman–Crippen LogP) is 4.42. The fourth-order valence-electron chi connectivity index (χ4n) is 2.23. The fraction of sp³-hybridized carbons (Fsp3) is 0.538. The Labute approximate surface area is 107 Å². The van der Waals surface area contributed by atoms with E-state index in [2.05, 4.69) is 30.4 Å². The second-order valence-corrected chi connectivity index (χ2v) is 6.18. The quantitative estimate of drug-likeness (QED) is 0.788. The molecule has 1 saturated carbocycles. The summed E-state index contributed by atoms with van der Waals surface area (Å²) >= 11 is 12.1. The maximum absolute atomic E-state index is 6.06. The number of anilines is 1. The smallest absolute Gasteiger partial charge is 0.121 e. The average molecular weight is 258 g/mol. The summed E-state index contributed by atoms with van der Waals surface area (Å²) in [5.74, 6) is 0.948. The van der Waals surface area contributed by atoms with Crippen LogP contribution in [0.2, 0.25) is 0 Å². The standard InChI is InChI=1S/C13H17Cl2N/c1-9(7-10-8-13(10,14)15)11-5-3-4-6-12(11)16-2/h3-6,9-10,16H,7-8H2,1-2H3. The first-order chi connectivity index (χ1) is 7.54. The topological polar surface area (TPSA) is 12.0 Å². The van der Waals surface area contributed by atoms with Crippen LogP contribution in [0.1, 0.15) is 31.2 Å². The van der Waals surface area contributed by atoms with Gasteiger partial charge in [0.1, 0.15) is 4.33 Å². The molecule has 0 bridgehead atoms. The highest BCUT2D eigenvalue weighted by atomic mass is 35.5. The zero-order valence-electron chi connectivity index (χ0n) is 9.63. The predicted molar refractivity (Wildman–Crippen MR) is 71.6 cm³/mol. The van der Waals surface area contributed by atoms with Crippen molar-refractivity contribution in [1.82, 2.24) is 0 Å². The Bertz CT molecular complexity index is 376. The van der Waals surface area contributed by atoms with Gasteiger partial charge in [0.05, 0.1) is 0 Å². The molecule has 0 aromatic heterocycles. The van der Waals surface area contributed by atoms with Crippen molar-refractivity contribution in [2.75, 3.05) is 12.4 Å². The van der Waals surface area contributed by atoms with Crippen LogP contribution in [0.3, 0.4) is 0 Å². The van der Waals surface area contributed by atoms with Crippen molar-refractivity contribution in [2.45, 2.75) is 30.0 Å². The molecule has 1 aliphatic rings. The van der Waals surface area contributed by atoms with Gasteiger partial charge in [0.25, 0.3) is 0 Å². The lowest BCUT2D eigenvalue weighted by Crippen LogP contribution is -2.02. The summed E-state index contributed by atoms with van der Waals surface area (Å²) in [6.45, 7) is 2.23. The second kappa shape index (κ2) is 4.46. The Balaban J connectivity index is 2.06. The van der Waals surface area contributed by atoms with Gasteiger partial charge in [-0.3, -0.25) is 0 Å². The van der Waals surface area contributed by atoms with Crippen LogP contribution in [-0.2, 0) is 0 Å². The largest absolute Gasteiger partial charge is 0.388 e. The molecule has 1 aromatic rings. The van der Waals surface area contributed by atoms with Gasteiger partial charge in [-0.05, 0) is 36.3 Å². The Morgan fingerprint density at radius 2 is 2.06 bits per heavy atom. The molecule has 0 spiro atoms. The normalized spacial score (nSPS) is 23.9. The van der Waals surface area contributed by atoms with Crippen LogP contribution in [0.15, 0.2) is 24.3 Å². The lowest BCUT2D eigenvalue weighted by atomic mass is 9.94. The molecular formula is C13H17Cl2N. The molecule has 2 rings (SSSR count). The van der Waals surface area contributed by atoms with Gasteiger partial charge >= 0.3 is 0 Å². The molecule has 2 atom stereocenters. The Kier molecular flexibility index (Phi) is 3.37. The zero-order valence-corrected chi connectivity index (χ0v) is 11.1. The molecule has 88 valence electrons. The molecule has 0 amide bonds. The minimum absolute atomic E-state index is 0.454. The van der Waals surface area contributed by atoms with E-state index < -0.39 is 4.33 Å². The summed E-state index contributed by atoms with van der Waals surface area (Å²) in [6.07, 6.45) is 1.99. The number of benzene rings is 1. The summed E-state index contributed by atoms with van der Waals surface area (Å²) < 4.78 is -0.456. The zero-order chi connectivity index (χ0) is 11.8. The SMILES string of the molecule is CNc1ccccc1C(C)CC1CC1(Cl)Cl. The number of rotatable bonds is 4. The van der Waals surface area contributed by atoms with Gasteiger partial charge in [-0.2, -0.15) is 0 Å². The Morgan fingerprint density at radius 3 is 2.62 bits per heavy atom. The molecular weight excluding hydrogens is 241 g/mol. The van der Waals surface area contributed by atoms with Crippen molar-refractivity contribution in [3.8, 4) is 0 Å². The molecule has 3 heteroatoms. The molecule has 0 heterocycles. The minimum Gasteiger partial charge on any atom is -0.388 e. The van der Waals surface area contributed by atoms with E-state index in [1.807, 2.05) is 13.1 Å². The van der Waals surface area contributed by atoms with Crippen molar-refractivity contribution in [3.05, 3.63) is 29.8 Å². The summed E-state index contributed by atoms with van der Waals surface area (Å²) in [5.41, 5.74) is 2.55. The summed E-state index contributed by atoms with van der Waals surface area (Å²) in [5, 5.41) is 3.22. The van der Waals surface area contributed by atoms with Crippen LogP contribution in [-0.4, -0.2) is 11.4 Å². The van der Waals surface area contributed by atoms with Crippen LogP contribution >= 0.6 is 23.2 Å². The molecule has 2 unspecified atom stereocenters. The van der Waals surface area contributed by atoms with Gasteiger partial charge in [-0.15, -0.1) is 23.2 Å². The van der Waals surface area contributed by atoms with E-state index >= 15 is 0 Å². The van der Waals surface area contributed by atoms with Crippen LogP contribution < -0.4 is 5.32 Å². The molecule has 0 aliphatic heterocycles. The van der Waals surface area contributed by atoms with Crippen LogP contribution in [0.4, 0.5) is 5.69 Å². The summed E-state index contributed by atoms with van der Waals surface area (Å²) in [4.78, 5) is 0. The van der Waals surface area contributed by atoms with E-state index in [9.17, 15) is 0 Å². The first kappa shape index (κ1) is 12.1. The van der Waals surface area contributed by atoms with E-state index in [1.165, 1.54) is 11.3 Å². The van der Waals surface area contributed by atoms with Crippen LogP contribution in [0, 0.1) is 5.92 Å². The van der Waals surface area contributed by atoms with E-state index in [-0.39, 0.29) is 0 Å². The van der Waals surface area contributed by atoms with Crippen molar-refractivity contribution in [2.24, 2.45) is 5.92 Å².